The highest BCUT2D eigenvalue weighted by atomic mass is 16.2. The van der Waals surface area contributed by atoms with E-state index in [1.165, 1.54) is 5.56 Å². The second-order valence-electron chi connectivity index (χ2n) is 9.68. The molecule has 0 aromatic heterocycles. The molecule has 1 aliphatic carbocycles. The van der Waals surface area contributed by atoms with Crippen LogP contribution in [0.25, 0.3) is 0 Å². The average Bonchev–Trinajstić information content (AvgIpc) is 2.72. The van der Waals surface area contributed by atoms with Crippen LogP contribution in [0.1, 0.15) is 70.8 Å². The van der Waals surface area contributed by atoms with Crippen molar-refractivity contribution in [2.75, 3.05) is 20.1 Å². The van der Waals surface area contributed by atoms with Crippen molar-refractivity contribution in [1.82, 2.24) is 9.80 Å². The fraction of sp³-hybridized carbons (Fsp3) is 0.667. The third-order valence-corrected chi connectivity index (χ3v) is 6.64. The van der Waals surface area contributed by atoms with Crippen molar-refractivity contribution in [3.8, 4) is 0 Å². The van der Waals surface area contributed by atoms with Crippen LogP contribution in [-0.4, -0.2) is 47.8 Å². The summed E-state index contributed by atoms with van der Waals surface area (Å²) < 4.78 is 0. The van der Waals surface area contributed by atoms with E-state index in [0.717, 1.165) is 38.5 Å². The fourth-order valence-corrected chi connectivity index (χ4v) is 4.79. The van der Waals surface area contributed by atoms with Crippen LogP contribution in [0.2, 0.25) is 0 Å². The molecule has 0 spiro atoms. The summed E-state index contributed by atoms with van der Waals surface area (Å²) in [5, 5.41) is 0. The van der Waals surface area contributed by atoms with Gasteiger partial charge < -0.3 is 9.80 Å². The van der Waals surface area contributed by atoms with E-state index in [9.17, 15) is 9.59 Å². The molecule has 3 rings (SSSR count). The Balaban J connectivity index is 1.49. The highest BCUT2D eigenvalue weighted by Crippen LogP contribution is 2.35. The first kappa shape index (κ1) is 20.9. The van der Waals surface area contributed by atoms with Crippen LogP contribution in [0.5, 0.6) is 0 Å². The first-order valence-corrected chi connectivity index (χ1v) is 10.9. The monoisotopic (exact) mass is 384 g/mol. The quantitative estimate of drug-likeness (QED) is 0.772. The zero-order valence-electron chi connectivity index (χ0n) is 18.0. The predicted molar refractivity (Wildman–Crippen MR) is 113 cm³/mol. The molecule has 1 aromatic carbocycles. The molecule has 0 unspecified atom stereocenters. The van der Waals surface area contributed by atoms with E-state index in [1.54, 1.807) is 0 Å². The summed E-state index contributed by atoms with van der Waals surface area (Å²) in [7, 11) is 1.99. The van der Waals surface area contributed by atoms with Crippen molar-refractivity contribution < 1.29 is 9.59 Å². The van der Waals surface area contributed by atoms with Crippen LogP contribution in [0.4, 0.5) is 0 Å². The van der Waals surface area contributed by atoms with Crippen molar-refractivity contribution in [3.05, 3.63) is 35.9 Å². The predicted octanol–water partition coefficient (Wildman–Crippen LogP) is 4.46. The van der Waals surface area contributed by atoms with E-state index in [-0.39, 0.29) is 23.1 Å². The number of likely N-dealkylation sites (tertiary alicyclic amines) is 1. The van der Waals surface area contributed by atoms with E-state index in [2.05, 4.69) is 30.3 Å². The van der Waals surface area contributed by atoms with Gasteiger partial charge in [0.2, 0.25) is 11.8 Å². The Bertz CT molecular complexity index is 664. The van der Waals surface area contributed by atoms with Gasteiger partial charge in [-0.2, -0.15) is 0 Å². The van der Waals surface area contributed by atoms with Gasteiger partial charge in [-0.05, 0) is 50.0 Å². The molecule has 0 atom stereocenters. The standard InChI is InChI=1S/C24H36N2O2/c1-24(2,3)23(28)26-16-14-20(15-17-26)22(27)25(4)21-12-10-19(11-13-21)18-8-6-5-7-9-18/h5-9,19-21H,10-17H2,1-4H3. The number of hydrogen-bond acceptors (Lipinski definition) is 2. The fourth-order valence-electron chi connectivity index (χ4n) is 4.79. The maximum Gasteiger partial charge on any atom is 0.227 e. The highest BCUT2D eigenvalue weighted by Gasteiger charge is 2.35. The molecule has 154 valence electrons. The third kappa shape index (κ3) is 4.76. The van der Waals surface area contributed by atoms with Crippen molar-refractivity contribution in [3.63, 3.8) is 0 Å². The second-order valence-corrected chi connectivity index (χ2v) is 9.68. The van der Waals surface area contributed by atoms with Gasteiger partial charge in [-0.3, -0.25) is 9.59 Å². The SMILES string of the molecule is CN(C(=O)C1CCN(C(=O)C(C)(C)C)CC1)C1CCC(c2ccccc2)CC1. The zero-order valence-corrected chi connectivity index (χ0v) is 18.0. The molecule has 2 amide bonds. The molecule has 1 aromatic rings. The number of carbonyl (C=O) groups is 2. The van der Waals surface area contributed by atoms with Gasteiger partial charge in [0.05, 0.1) is 0 Å². The van der Waals surface area contributed by atoms with Crippen LogP contribution < -0.4 is 0 Å². The third-order valence-electron chi connectivity index (χ3n) is 6.64. The summed E-state index contributed by atoms with van der Waals surface area (Å²) in [4.78, 5) is 29.5. The molecule has 0 N–H and O–H groups in total. The maximum atomic E-state index is 13.0. The maximum absolute atomic E-state index is 13.0. The Morgan fingerprint density at radius 3 is 2.04 bits per heavy atom. The van der Waals surface area contributed by atoms with Crippen LogP contribution >= 0.6 is 0 Å². The summed E-state index contributed by atoms with van der Waals surface area (Å²) in [5.74, 6) is 1.19. The average molecular weight is 385 g/mol. The van der Waals surface area contributed by atoms with E-state index >= 15 is 0 Å². The summed E-state index contributed by atoms with van der Waals surface area (Å²) in [5.41, 5.74) is 1.09. The van der Waals surface area contributed by atoms with E-state index in [1.807, 2.05) is 37.6 Å². The van der Waals surface area contributed by atoms with Gasteiger partial charge in [0.15, 0.2) is 0 Å². The Kier molecular flexibility index (Phi) is 6.47. The normalized spacial score (nSPS) is 24.1. The Morgan fingerprint density at radius 2 is 1.50 bits per heavy atom. The largest absolute Gasteiger partial charge is 0.343 e. The molecule has 1 heterocycles. The number of piperidine rings is 1. The van der Waals surface area contributed by atoms with Gasteiger partial charge in [0, 0.05) is 37.5 Å². The van der Waals surface area contributed by atoms with Crippen molar-refractivity contribution in [2.24, 2.45) is 11.3 Å². The van der Waals surface area contributed by atoms with Crippen LogP contribution in [-0.2, 0) is 9.59 Å². The highest BCUT2D eigenvalue weighted by molar-refractivity contribution is 5.82. The molecule has 1 saturated heterocycles. The molecule has 28 heavy (non-hydrogen) atoms. The molecule has 2 aliphatic rings. The zero-order chi connectivity index (χ0) is 20.3. The number of benzene rings is 1. The van der Waals surface area contributed by atoms with Gasteiger partial charge in [-0.25, -0.2) is 0 Å². The van der Waals surface area contributed by atoms with Gasteiger partial charge in [0.1, 0.15) is 0 Å². The molecule has 1 saturated carbocycles. The lowest BCUT2D eigenvalue weighted by Gasteiger charge is -2.39. The molecule has 4 nitrogen and oxygen atoms in total. The lowest BCUT2D eigenvalue weighted by atomic mass is 9.81. The minimum Gasteiger partial charge on any atom is -0.343 e. The minimum absolute atomic E-state index is 0.0702. The van der Waals surface area contributed by atoms with E-state index < -0.39 is 0 Å². The molecule has 1 aliphatic heterocycles. The topological polar surface area (TPSA) is 40.6 Å². The van der Waals surface area contributed by atoms with Crippen LogP contribution in [0, 0.1) is 11.3 Å². The molecular weight excluding hydrogens is 348 g/mol. The Labute approximate surface area is 170 Å². The van der Waals surface area contributed by atoms with Crippen molar-refractivity contribution in [1.29, 1.82) is 0 Å². The van der Waals surface area contributed by atoms with Gasteiger partial charge in [0.25, 0.3) is 0 Å². The molecular formula is C24H36N2O2. The Morgan fingerprint density at radius 1 is 0.929 bits per heavy atom. The first-order chi connectivity index (χ1) is 13.3. The Hall–Kier alpha value is -1.84. The van der Waals surface area contributed by atoms with E-state index in [0.29, 0.717) is 25.0 Å². The van der Waals surface area contributed by atoms with Gasteiger partial charge in [-0.1, -0.05) is 51.1 Å². The number of rotatable bonds is 3. The first-order valence-electron chi connectivity index (χ1n) is 10.9. The number of amides is 2. The summed E-state index contributed by atoms with van der Waals surface area (Å²) in [6.07, 6.45) is 6.08. The van der Waals surface area contributed by atoms with Crippen LogP contribution in [0.3, 0.4) is 0 Å². The van der Waals surface area contributed by atoms with Crippen LogP contribution in [0.15, 0.2) is 30.3 Å². The number of carbonyl (C=O) groups excluding carboxylic acids is 2. The molecule has 4 heteroatoms. The number of nitrogens with zero attached hydrogens (tertiary/aromatic N) is 2. The molecule has 0 bridgehead atoms. The molecule has 0 radical (unpaired) electrons. The lowest BCUT2D eigenvalue weighted by Crippen LogP contribution is -2.48. The summed E-state index contributed by atoms with van der Waals surface area (Å²) >= 11 is 0. The minimum atomic E-state index is -0.342. The van der Waals surface area contributed by atoms with Crippen molar-refractivity contribution >= 4 is 11.8 Å². The molecule has 2 fully saturated rings. The van der Waals surface area contributed by atoms with E-state index in [4.69, 9.17) is 0 Å². The van der Waals surface area contributed by atoms with Crippen molar-refractivity contribution in [2.45, 2.75) is 71.3 Å². The summed E-state index contributed by atoms with van der Waals surface area (Å²) in [6.45, 7) is 7.31. The second kappa shape index (κ2) is 8.67. The lowest BCUT2D eigenvalue weighted by molar-refractivity contribution is -0.145. The smallest absolute Gasteiger partial charge is 0.227 e. The summed E-state index contributed by atoms with van der Waals surface area (Å²) in [6, 6.07) is 11.1. The van der Waals surface area contributed by atoms with Gasteiger partial charge >= 0.3 is 0 Å². The number of hydrogen-bond donors (Lipinski definition) is 0. The van der Waals surface area contributed by atoms with Gasteiger partial charge in [-0.15, -0.1) is 0 Å².